The molecule has 1 amide bonds. The first kappa shape index (κ1) is 17.2. The Kier molecular flexibility index (Phi) is 5.00. The predicted octanol–water partition coefficient (Wildman–Crippen LogP) is 2.30. The molecule has 0 unspecified atom stereocenters. The second-order valence-corrected chi connectivity index (χ2v) is 7.40. The summed E-state index contributed by atoms with van der Waals surface area (Å²) in [5.41, 5.74) is 3.62. The molecule has 2 aliphatic rings. The number of pyridine rings is 1. The van der Waals surface area contributed by atoms with Gasteiger partial charge in [-0.3, -0.25) is 14.7 Å². The van der Waals surface area contributed by atoms with Crippen LogP contribution in [0.15, 0.2) is 48.8 Å². The third-order valence-electron chi connectivity index (χ3n) is 5.25. The number of nitrogens with one attached hydrogen (secondary N) is 1. The van der Waals surface area contributed by atoms with Crippen LogP contribution in [0.2, 0.25) is 0 Å². The van der Waals surface area contributed by atoms with Gasteiger partial charge in [0.15, 0.2) is 0 Å². The van der Waals surface area contributed by atoms with Crippen LogP contribution in [0.4, 0.5) is 0 Å². The monoisotopic (exact) mass is 351 g/mol. The lowest BCUT2D eigenvalue weighted by Crippen LogP contribution is -2.44. The number of hydrogen-bond donors (Lipinski definition) is 1. The Bertz CT molecular complexity index is 765. The van der Waals surface area contributed by atoms with Crippen molar-refractivity contribution in [1.82, 2.24) is 15.2 Å². The van der Waals surface area contributed by atoms with E-state index in [2.05, 4.69) is 46.4 Å². The van der Waals surface area contributed by atoms with Crippen LogP contribution in [0.1, 0.15) is 23.1 Å². The van der Waals surface area contributed by atoms with Gasteiger partial charge in [0.05, 0.1) is 18.1 Å². The highest BCUT2D eigenvalue weighted by Gasteiger charge is 2.44. The van der Waals surface area contributed by atoms with E-state index in [1.54, 1.807) is 12.4 Å². The highest BCUT2D eigenvalue weighted by atomic mass is 16.5. The summed E-state index contributed by atoms with van der Waals surface area (Å²) in [6, 6.07) is 12.5. The minimum atomic E-state index is -0.0563. The Morgan fingerprint density at radius 2 is 2.15 bits per heavy atom. The number of ether oxygens (including phenoxy) is 1. The first-order valence-electron chi connectivity index (χ1n) is 9.27. The van der Waals surface area contributed by atoms with E-state index < -0.39 is 0 Å². The average Bonchev–Trinajstić information content (AvgIpc) is 2.95. The number of benzene rings is 1. The molecule has 26 heavy (non-hydrogen) atoms. The maximum absolute atomic E-state index is 12.6. The topological polar surface area (TPSA) is 54.5 Å². The second kappa shape index (κ2) is 7.56. The van der Waals surface area contributed by atoms with Crippen molar-refractivity contribution < 1.29 is 9.53 Å². The highest BCUT2D eigenvalue weighted by Crippen LogP contribution is 2.32. The third-order valence-corrected chi connectivity index (χ3v) is 5.25. The number of carbonyl (C=O) groups is 1. The smallest absolute Gasteiger partial charge is 0.226 e. The van der Waals surface area contributed by atoms with E-state index in [4.69, 9.17) is 4.74 Å². The van der Waals surface area contributed by atoms with Gasteiger partial charge in [0.25, 0.3) is 0 Å². The normalized spacial score (nSPS) is 25.2. The lowest BCUT2D eigenvalue weighted by atomic mass is 9.99. The number of rotatable bonds is 5. The van der Waals surface area contributed by atoms with Crippen LogP contribution < -0.4 is 5.32 Å². The molecule has 2 bridgehead atoms. The Morgan fingerprint density at radius 3 is 2.96 bits per heavy atom. The summed E-state index contributed by atoms with van der Waals surface area (Å²) in [7, 11) is 0. The van der Waals surface area contributed by atoms with Gasteiger partial charge in [-0.15, -0.1) is 0 Å². The van der Waals surface area contributed by atoms with Crippen molar-refractivity contribution in [3.8, 4) is 0 Å². The summed E-state index contributed by atoms with van der Waals surface area (Å²) in [6.45, 7) is 5.27. The van der Waals surface area contributed by atoms with Crippen molar-refractivity contribution in [3.05, 3.63) is 65.5 Å². The molecule has 1 N–H and O–H groups in total. The van der Waals surface area contributed by atoms with E-state index in [1.165, 1.54) is 11.1 Å². The van der Waals surface area contributed by atoms with Gasteiger partial charge in [0, 0.05) is 38.6 Å². The number of hydrogen-bond acceptors (Lipinski definition) is 4. The lowest BCUT2D eigenvalue weighted by Gasteiger charge is -2.32. The van der Waals surface area contributed by atoms with E-state index in [0.29, 0.717) is 6.54 Å². The Balaban J connectivity index is 1.34. The maximum atomic E-state index is 12.6. The zero-order valence-electron chi connectivity index (χ0n) is 15.1. The summed E-state index contributed by atoms with van der Waals surface area (Å²) in [4.78, 5) is 19.1. The molecule has 0 saturated carbocycles. The average molecular weight is 351 g/mol. The van der Waals surface area contributed by atoms with Gasteiger partial charge in [0.2, 0.25) is 5.91 Å². The molecule has 5 nitrogen and oxygen atoms in total. The van der Waals surface area contributed by atoms with E-state index in [9.17, 15) is 4.79 Å². The number of nitrogens with zero attached hydrogens (tertiary/aromatic N) is 2. The molecule has 1 aromatic heterocycles. The number of likely N-dealkylation sites (tertiary alicyclic amines) is 1. The van der Waals surface area contributed by atoms with Crippen molar-refractivity contribution in [2.24, 2.45) is 5.92 Å². The highest BCUT2D eigenvalue weighted by molar-refractivity contribution is 5.79. The SMILES string of the molecule is Cc1cccc(CN2C[C@H]3C[C@H](C(=O)NCc4cccnc4)[C@@H](C2)O3)c1. The molecule has 0 radical (unpaired) electrons. The zero-order valence-corrected chi connectivity index (χ0v) is 15.1. The summed E-state index contributed by atoms with van der Waals surface area (Å²) in [5.74, 6) is 0.0398. The Morgan fingerprint density at radius 1 is 1.27 bits per heavy atom. The second-order valence-electron chi connectivity index (χ2n) is 7.40. The van der Waals surface area contributed by atoms with Gasteiger partial charge in [-0.05, 0) is 30.5 Å². The van der Waals surface area contributed by atoms with Crippen LogP contribution in [0, 0.1) is 12.8 Å². The van der Waals surface area contributed by atoms with E-state index in [-0.39, 0.29) is 24.0 Å². The maximum Gasteiger partial charge on any atom is 0.226 e. The quantitative estimate of drug-likeness (QED) is 0.898. The van der Waals surface area contributed by atoms with Crippen LogP contribution >= 0.6 is 0 Å². The number of carbonyl (C=O) groups excluding carboxylic acids is 1. The molecule has 3 heterocycles. The number of amides is 1. The van der Waals surface area contributed by atoms with Gasteiger partial charge in [-0.1, -0.05) is 35.9 Å². The molecule has 2 fully saturated rings. The van der Waals surface area contributed by atoms with E-state index in [0.717, 1.165) is 31.6 Å². The van der Waals surface area contributed by atoms with E-state index in [1.807, 2.05) is 12.1 Å². The number of fused-ring (bicyclic) bond motifs is 2. The predicted molar refractivity (Wildman–Crippen MR) is 99.3 cm³/mol. The fraction of sp³-hybridized carbons (Fsp3) is 0.429. The minimum Gasteiger partial charge on any atom is -0.371 e. The molecule has 2 aliphatic heterocycles. The summed E-state index contributed by atoms with van der Waals surface area (Å²) >= 11 is 0. The number of aromatic nitrogens is 1. The van der Waals surface area contributed by atoms with Crippen molar-refractivity contribution >= 4 is 5.91 Å². The fourth-order valence-corrected chi connectivity index (χ4v) is 4.03. The molecular formula is C21H25N3O2. The summed E-state index contributed by atoms with van der Waals surface area (Å²) in [6.07, 6.45) is 4.49. The van der Waals surface area contributed by atoms with Crippen LogP contribution in [0.25, 0.3) is 0 Å². The third kappa shape index (κ3) is 3.94. The Hall–Kier alpha value is -2.24. The largest absolute Gasteiger partial charge is 0.371 e. The number of aryl methyl sites for hydroxylation is 1. The molecule has 5 heteroatoms. The molecular weight excluding hydrogens is 326 g/mol. The molecule has 2 saturated heterocycles. The molecule has 3 atom stereocenters. The van der Waals surface area contributed by atoms with Gasteiger partial charge in [-0.25, -0.2) is 0 Å². The molecule has 136 valence electrons. The van der Waals surface area contributed by atoms with Crippen LogP contribution in [0.5, 0.6) is 0 Å². The first-order valence-corrected chi connectivity index (χ1v) is 9.27. The molecule has 1 aromatic carbocycles. The number of morpholine rings is 1. The standard InChI is InChI=1S/C21H25N3O2/c1-15-4-2-5-16(8-15)12-24-13-18-9-19(20(14-24)26-18)21(25)23-11-17-6-3-7-22-10-17/h2-8,10,18-20H,9,11-14H2,1H3,(H,23,25)/t18-,19+,20-/m1/s1. The van der Waals surface area contributed by atoms with Crippen LogP contribution in [0.3, 0.4) is 0 Å². The summed E-state index contributed by atoms with van der Waals surface area (Å²) in [5, 5.41) is 3.05. The van der Waals surface area contributed by atoms with Crippen LogP contribution in [-0.4, -0.2) is 41.1 Å². The summed E-state index contributed by atoms with van der Waals surface area (Å²) < 4.78 is 6.06. The van der Waals surface area contributed by atoms with Gasteiger partial charge in [-0.2, -0.15) is 0 Å². The minimum absolute atomic E-state index is 0.00698. The molecule has 2 aromatic rings. The van der Waals surface area contributed by atoms with Crippen molar-refractivity contribution in [1.29, 1.82) is 0 Å². The first-order chi connectivity index (χ1) is 12.7. The van der Waals surface area contributed by atoms with Gasteiger partial charge in [0.1, 0.15) is 0 Å². The van der Waals surface area contributed by atoms with Crippen LogP contribution in [-0.2, 0) is 22.6 Å². The molecule has 0 spiro atoms. The van der Waals surface area contributed by atoms with Gasteiger partial charge >= 0.3 is 0 Å². The van der Waals surface area contributed by atoms with E-state index >= 15 is 0 Å². The van der Waals surface area contributed by atoms with Crippen molar-refractivity contribution in [3.63, 3.8) is 0 Å². The zero-order chi connectivity index (χ0) is 17.9. The Labute approximate surface area is 154 Å². The molecule has 0 aliphatic carbocycles. The van der Waals surface area contributed by atoms with Crippen molar-refractivity contribution in [2.45, 2.75) is 38.6 Å². The molecule has 4 rings (SSSR count). The fourth-order valence-electron chi connectivity index (χ4n) is 4.03. The van der Waals surface area contributed by atoms with Gasteiger partial charge < -0.3 is 10.1 Å². The van der Waals surface area contributed by atoms with Crippen molar-refractivity contribution in [2.75, 3.05) is 13.1 Å². The lowest BCUT2D eigenvalue weighted by molar-refractivity contribution is -0.128.